The van der Waals surface area contributed by atoms with E-state index in [0.29, 0.717) is 23.9 Å². The molecule has 0 aromatic carbocycles. The zero-order chi connectivity index (χ0) is 18.7. The van der Waals surface area contributed by atoms with Gasteiger partial charge >= 0.3 is 0 Å². The van der Waals surface area contributed by atoms with Crippen molar-refractivity contribution < 1.29 is 13.2 Å². The van der Waals surface area contributed by atoms with Crippen LogP contribution in [0, 0.1) is 6.92 Å². The lowest BCUT2D eigenvalue weighted by Crippen LogP contribution is -2.27. The lowest BCUT2D eigenvalue weighted by atomic mass is 10.4. The van der Waals surface area contributed by atoms with E-state index in [1.807, 2.05) is 6.92 Å². The molecule has 8 nitrogen and oxygen atoms in total. The molecule has 0 radical (unpaired) electrons. The van der Waals surface area contributed by atoms with Gasteiger partial charge in [-0.05, 0) is 31.9 Å². The molecule has 10 heteroatoms. The van der Waals surface area contributed by atoms with Gasteiger partial charge < -0.3 is 5.32 Å². The fourth-order valence-corrected chi connectivity index (χ4v) is 4.83. The van der Waals surface area contributed by atoms with Crippen LogP contribution in [0.2, 0.25) is 0 Å². The number of carbonyl (C=O) groups excluding carboxylic acids is 1. The summed E-state index contributed by atoms with van der Waals surface area (Å²) < 4.78 is 28.0. The van der Waals surface area contributed by atoms with Gasteiger partial charge in [0.05, 0.1) is 16.5 Å². The van der Waals surface area contributed by atoms with Crippen LogP contribution in [0.15, 0.2) is 34.3 Å². The van der Waals surface area contributed by atoms with Crippen molar-refractivity contribution in [1.29, 1.82) is 0 Å². The van der Waals surface area contributed by atoms with Gasteiger partial charge in [-0.2, -0.15) is 9.40 Å². The number of pyridine rings is 1. The van der Waals surface area contributed by atoms with Gasteiger partial charge in [0, 0.05) is 32.4 Å². The van der Waals surface area contributed by atoms with E-state index in [-0.39, 0.29) is 16.6 Å². The number of nitrogens with one attached hydrogen (secondary N) is 1. The summed E-state index contributed by atoms with van der Waals surface area (Å²) in [6.45, 7) is 2.98. The molecule has 0 saturated carbocycles. The molecule has 2 aromatic rings. The van der Waals surface area contributed by atoms with Gasteiger partial charge in [-0.25, -0.2) is 13.4 Å². The summed E-state index contributed by atoms with van der Waals surface area (Å²) in [6, 6.07) is 4.97. The molecule has 1 N–H and O–H groups in total. The molecule has 1 saturated heterocycles. The molecule has 0 atom stereocenters. The van der Waals surface area contributed by atoms with E-state index in [4.69, 9.17) is 0 Å². The Morgan fingerprint density at radius 3 is 2.62 bits per heavy atom. The van der Waals surface area contributed by atoms with Crippen LogP contribution in [-0.2, 0) is 21.9 Å². The predicted octanol–water partition coefficient (Wildman–Crippen LogP) is 1.64. The van der Waals surface area contributed by atoms with Gasteiger partial charge in [-0.3, -0.25) is 9.48 Å². The third kappa shape index (κ3) is 4.25. The number of nitrogens with zero attached hydrogens (tertiary/aromatic N) is 4. The Bertz CT molecular complexity index is 887. The Balaban J connectivity index is 1.57. The van der Waals surface area contributed by atoms with Crippen molar-refractivity contribution in [3.05, 3.63) is 30.1 Å². The van der Waals surface area contributed by atoms with Crippen molar-refractivity contribution in [3.8, 4) is 0 Å². The maximum absolute atomic E-state index is 12.5. The molecular formula is C16H21N5O3S2. The van der Waals surface area contributed by atoms with Gasteiger partial charge in [0.15, 0.2) is 0 Å². The minimum absolute atomic E-state index is 0.173. The highest BCUT2D eigenvalue weighted by atomic mass is 32.2. The Hall–Kier alpha value is -1.91. The van der Waals surface area contributed by atoms with E-state index >= 15 is 0 Å². The van der Waals surface area contributed by atoms with E-state index in [9.17, 15) is 13.2 Å². The molecule has 0 unspecified atom stereocenters. The summed E-state index contributed by atoms with van der Waals surface area (Å²) in [4.78, 5) is 16.4. The maximum atomic E-state index is 12.5. The van der Waals surface area contributed by atoms with Crippen LogP contribution in [0.4, 0.5) is 5.82 Å². The molecule has 1 aliphatic rings. The van der Waals surface area contributed by atoms with E-state index in [1.165, 1.54) is 22.3 Å². The number of aromatic nitrogens is 3. The first-order valence-corrected chi connectivity index (χ1v) is 10.7. The predicted molar refractivity (Wildman–Crippen MR) is 99.5 cm³/mol. The number of sulfonamides is 1. The first-order chi connectivity index (χ1) is 12.4. The number of hydrogen-bond donors (Lipinski definition) is 1. The second-order valence-corrected chi connectivity index (χ2v) is 9.01. The summed E-state index contributed by atoms with van der Waals surface area (Å²) in [5.74, 6) is 0.636. The first-order valence-electron chi connectivity index (χ1n) is 8.26. The number of anilines is 1. The van der Waals surface area contributed by atoms with Gasteiger partial charge in [0.2, 0.25) is 15.9 Å². The highest BCUT2D eigenvalue weighted by molar-refractivity contribution is 7.99. The van der Waals surface area contributed by atoms with Crippen molar-refractivity contribution in [2.75, 3.05) is 24.2 Å². The molecule has 0 spiro atoms. The lowest BCUT2D eigenvalue weighted by Gasteiger charge is -2.15. The summed E-state index contributed by atoms with van der Waals surface area (Å²) in [6.07, 6.45) is 3.15. The quantitative estimate of drug-likeness (QED) is 0.747. The molecule has 2 aromatic heterocycles. The van der Waals surface area contributed by atoms with Crippen LogP contribution in [0.1, 0.15) is 18.5 Å². The Labute approximate surface area is 157 Å². The minimum atomic E-state index is -3.46. The molecule has 1 fully saturated rings. The van der Waals surface area contributed by atoms with Gasteiger partial charge in [-0.15, -0.1) is 0 Å². The van der Waals surface area contributed by atoms with Crippen LogP contribution in [0.3, 0.4) is 0 Å². The maximum Gasteiger partial charge on any atom is 0.244 e. The van der Waals surface area contributed by atoms with E-state index in [0.717, 1.165) is 18.5 Å². The molecule has 26 heavy (non-hydrogen) atoms. The van der Waals surface area contributed by atoms with E-state index < -0.39 is 10.0 Å². The van der Waals surface area contributed by atoms with Crippen molar-refractivity contribution in [2.45, 2.75) is 29.7 Å². The van der Waals surface area contributed by atoms with Gasteiger partial charge in [0.25, 0.3) is 0 Å². The summed E-state index contributed by atoms with van der Waals surface area (Å²) in [5, 5.41) is 7.55. The zero-order valence-corrected chi connectivity index (χ0v) is 16.3. The Kier molecular flexibility index (Phi) is 5.64. The van der Waals surface area contributed by atoms with Crippen LogP contribution in [0.25, 0.3) is 0 Å². The largest absolute Gasteiger partial charge is 0.310 e. The van der Waals surface area contributed by atoms with Crippen molar-refractivity contribution in [1.82, 2.24) is 19.1 Å². The number of hydrogen-bond acceptors (Lipinski definition) is 6. The fourth-order valence-electron chi connectivity index (χ4n) is 2.73. The average Bonchev–Trinajstić information content (AvgIpc) is 3.24. The summed E-state index contributed by atoms with van der Waals surface area (Å²) in [5.41, 5.74) is 0.826. The molecule has 140 valence electrons. The highest BCUT2D eigenvalue weighted by Crippen LogP contribution is 2.22. The molecule has 3 rings (SSSR count). The standard InChI is InChI=1S/C16H21N5O3S2/c1-12-9-14(20(2)19-12)18-15(22)11-25-16-6-5-13(10-17-16)26(23,24)21-7-3-4-8-21/h5-6,9-10H,3-4,7-8,11H2,1-2H3,(H,18,22). The van der Waals surface area contributed by atoms with Crippen LogP contribution in [0.5, 0.6) is 0 Å². The Morgan fingerprint density at radius 2 is 2.04 bits per heavy atom. The number of aryl methyl sites for hydroxylation is 2. The smallest absolute Gasteiger partial charge is 0.244 e. The Morgan fingerprint density at radius 1 is 1.31 bits per heavy atom. The molecule has 0 aliphatic carbocycles. The van der Waals surface area contributed by atoms with Crippen LogP contribution >= 0.6 is 11.8 Å². The van der Waals surface area contributed by atoms with Gasteiger partial charge in [0.1, 0.15) is 10.7 Å². The van der Waals surface area contributed by atoms with Crippen LogP contribution in [-0.4, -0.2) is 52.2 Å². The average molecular weight is 396 g/mol. The molecule has 3 heterocycles. The first kappa shape index (κ1) is 18.9. The van der Waals surface area contributed by atoms with Crippen molar-refractivity contribution >= 4 is 33.5 Å². The second-order valence-electron chi connectivity index (χ2n) is 6.07. The SMILES string of the molecule is Cc1cc(NC(=O)CSc2ccc(S(=O)(=O)N3CCCC3)cn2)n(C)n1. The molecule has 0 bridgehead atoms. The van der Waals surface area contributed by atoms with Crippen LogP contribution < -0.4 is 5.32 Å². The number of thioether (sulfide) groups is 1. The normalized spacial score (nSPS) is 15.3. The molecule has 1 amide bonds. The fraction of sp³-hybridized carbons (Fsp3) is 0.438. The minimum Gasteiger partial charge on any atom is -0.310 e. The zero-order valence-electron chi connectivity index (χ0n) is 14.7. The van der Waals surface area contributed by atoms with E-state index in [1.54, 1.807) is 29.9 Å². The number of rotatable bonds is 6. The monoisotopic (exact) mass is 395 g/mol. The van der Waals surface area contributed by atoms with E-state index in [2.05, 4.69) is 15.4 Å². The second kappa shape index (κ2) is 7.77. The van der Waals surface area contributed by atoms with Gasteiger partial charge in [-0.1, -0.05) is 11.8 Å². The van der Waals surface area contributed by atoms with Crippen molar-refractivity contribution in [2.24, 2.45) is 7.05 Å². The van der Waals surface area contributed by atoms with Crippen molar-refractivity contribution in [3.63, 3.8) is 0 Å². The summed E-state index contributed by atoms with van der Waals surface area (Å²) in [7, 11) is -1.70. The third-order valence-electron chi connectivity index (χ3n) is 4.03. The number of carbonyl (C=O) groups is 1. The summed E-state index contributed by atoms with van der Waals surface area (Å²) >= 11 is 1.25. The third-order valence-corrected chi connectivity index (χ3v) is 6.86. The highest BCUT2D eigenvalue weighted by Gasteiger charge is 2.27. The number of amides is 1. The topological polar surface area (TPSA) is 97.2 Å². The molecule has 1 aliphatic heterocycles. The lowest BCUT2D eigenvalue weighted by molar-refractivity contribution is -0.113. The molecular weight excluding hydrogens is 374 g/mol.